The highest BCUT2D eigenvalue weighted by Crippen LogP contribution is 2.26. The van der Waals surface area contributed by atoms with E-state index in [1.54, 1.807) is 0 Å². The van der Waals surface area contributed by atoms with Crippen LogP contribution in [0, 0.1) is 23.7 Å². The van der Waals surface area contributed by atoms with Crippen molar-refractivity contribution in [1.29, 1.82) is 0 Å². The first-order chi connectivity index (χ1) is 5.54. The van der Waals surface area contributed by atoms with Crippen molar-refractivity contribution in [1.82, 2.24) is 0 Å². The molecule has 0 spiro atoms. The van der Waals surface area contributed by atoms with E-state index >= 15 is 0 Å². The van der Waals surface area contributed by atoms with Crippen LogP contribution in [0.25, 0.3) is 0 Å². The summed E-state index contributed by atoms with van der Waals surface area (Å²) in [6, 6.07) is 0. The van der Waals surface area contributed by atoms with Gasteiger partial charge in [-0.05, 0) is 23.7 Å². The van der Waals surface area contributed by atoms with Gasteiger partial charge < -0.3 is 10.2 Å². The molecule has 0 saturated carbocycles. The van der Waals surface area contributed by atoms with Crippen LogP contribution in [-0.4, -0.2) is 23.4 Å². The van der Waals surface area contributed by atoms with Gasteiger partial charge in [0.25, 0.3) is 0 Å². The first-order valence-electron chi connectivity index (χ1n) is 4.76. The second-order valence-electron chi connectivity index (χ2n) is 4.18. The van der Waals surface area contributed by atoms with Crippen LogP contribution >= 0.6 is 0 Å². The summed E-state index contributed by atoms with van der Waals surface area (Å²) in [4.78, 5) is 0. The molecule has 0 aliphatic heterocycles. The van der Waals surface area contributed by atoms with Crippen LogP contribution in [0.4, 0.5) is 0 Å². The quantitative estimate of drug-likeness (QED) is 0.663. The van der Waals surface area contributed by atoms with Crippen molar-refractivity contribution in [2.24, 2.45) is 23.7 Å². The molecule has 0 rings (SSSR count). The molecule has 0 radical (unpaired) electrons. The fourth-order valence-corrected chi connectivity index (χ4v) is 1.68. The zero-order valence-corrected chi connectivity index (χ0v) is 8.62. The van der Waals surface area contributed by atoms with Gasteiger partial charge in [0.15, 0.2) is 0 Å². The summed E-state index contributed by atoms with van der Waals surface area (Å²) in [5, 5.41) is 18.3. The summed E-state index contributed by atoms with van der Waals surface area (Å²) in [7, 11) is 0. The first-order valence-corrected chi connectivity index (χ1v) is 4.76. The van der Waals surface area contributed by atoms with Crippen LogP contribution in [0.15, 0.2) is 0 Å². The van der Waals surface area contributed by atoms with Crippen LogP contribution in [0.1, 0.15) is 27.7 Å². The van der Waals surface area contributed by atoms with Crippen molar-refractivity contribution >= 4 is 0 Å². The molecular weight excluding hydrogens is 152 g/mol. The minimum atomic E-state index is 0.182. The van der Waals surface area contributed by atoms with Gasteiger partial charge in [-0.3, -0.25) is 0 Å². The van der Waals surface area contributed by atoms with Gasteiger partial charge in [-0.2, -0.15) is 0 Å². The van der Waals surface area contributed by atoms with E-state index in [1.165, 1.54) is 0 Å². The van der Waals surface area contributed by atoms with Crippen molar-refractivity contribution in [2.75, 3.05) is 13.2 Å². The molecule has 2 atom stereocenters. The molecule has 0 unspecified atom stereocenters. The van der Waals surface area contributed by atoms with Crippen molar-refractivity contribution < 1.29 is 10.2 Å². The molecule has 0 aromatic carbocycles. The van der Waals surface area contributed by atoms with Crippen molar-refractivity contribution in [3.05, 3.63) is 0 Å². The molecule has 74 valence electrons. The van der Waals surface area contributed by atoms with Gasteiger partial charge in [-0.25, -0.2) is 0 Å². The van der Waals surface area contributed by atoms with Gasteiger partial charge >= 0.3 is 0 Å². The lowest BCUT2D eigenvalue weighted by Gasteiger charge is -2.30. The first kappa shape index (κ1) is 11.9. The number of aliphatic hydroxyl groups excluding tert-OH is 2. The minimum Gasteiger partial charge on any atom is -0.396 e. The van der Waals surface area contributed by atoms with E-state index in [4.69, 9.17) is 10.2 Å². The Kier molecular flexibility index (Phi) is 5.51. The molecule has 0 aliphatic carbocycles. The Morgan fingerprint density at radius 1 is 0.750 bits per heavy atom. The van der Waals surface area contributed by atoms with Gasteiger partial charge in [0.05, 0.1) is 0 Å². The molecule has 0 aliphatic rings. The highest BCUT2D eigenvalue weighted by molar-refractivity contribution is 4.74. The second kappa shape index (κ2) is 5.55. The van der Waals surface area contributed by atoms with Gasteiger partial charge in [-0.15, -0.1) is 0 Å². The highest BCUT2D eigenvalue weighted by Gasteiger charge is 2.25. The molecule has 2 N–H and O–H groups in total. The number of rotatable bonds is 5. The maximum atomic E-state index is 9.14. The zero-order chi connectivity index (χ0) is 9.72. The van der Waals surface area contributed by atoms with Crippen LogP contribution in [0.3, 0.4) is 0 Å². The molecule has 0 heterocycles. The summed E-state index contributed by atoms with van der Waals surface area (Å²) in [5.74, 6) is 1.34. The third kappa shape index (κ3) is 3.11. The van der Waals surface area contributed by atoms with E-state index in [0.29, 0.717) is 11.8 Å². The van der Waals surface area contributed by atoms with E-state index < -0.39 is 0 Å². The summed E-state index contributed by atoms with van der Waals surface area (Å²) in [5.41, 5.74) is 0. The molecule has 2 heteroatoms. The highest BCUT2D eigenvalue weighted by atomic mass is 16.3. The lowest BCUT2D eigenvalue weighted by molar-refractivity contribution is 0.0633. The maximum Gasteiger partial charge on any atom is 0.0465 e. The van der Waals surface area contributed by atoms with E-state index in [0.717, 1.165) is 0 Å². The minimum absolute atomic E-state index is 0.182. The Labute approximate surface area is 75.6 Å². The topological polar surface area (TPSA) is 40.5 Å². The normalized spacial score (nSPS) is 17.0. The molecule has 0 aromatic heterocycles. The van der Waals surface area contributed by atoms with Crippen molar-refractivity contribution in [3.8, 4) is 0 Å². The molecule has 12 heavy (non-hydrogen) atoms. The van der Waals surface area contributed by atoms with E-state index in [9.17, 15) is 0 Å². The second-order valence-corrected chi connectivity index (χ2v) is 4.18. The van der Waals surface area contributed by atoms with Gasteiger partial charge in [0.2, 0.25) is 0 Å². The Hall–Kier alpha value is -0.0800. The smallest absolute Gasteiger partial charge is 0.0465 e. The largest absolute Gasteiger partial charge is 0.396 e. The third-order valence-corrected chi connectivity index (χ3v) is 2.68. The van der Waals surface area contributed by atoms with Crippen LogP contribution < -0.4 is 0 Å². The Balaban J connectivity index is 4.23. The van der Waals surface area contributed by atoms with E-state index in [1.807, 2.05) is 0 Å². The predicted octanol–water partition coefficient (Wildman–Crippen LogP) is 1.52. The fraction of sp³-hybridized carbons (Fsp3) is 1.00. The lowest BCUT2D eigenvalue weighted by Crippen LogP contribution is -2.30. The molecular formula is C10H22O2. The summed E-state index contributed by atoms with van der Waals surface area (Å²) in [6.45, 7) is 8.72. The van der Waals surface area contributed by atoms with Crippen molar-refractivity contribution in [3.63, 3.8) is 0 Å². The molecule has 0 saturated heterocycles. The average molecular weight is 174 g/mol. The number of hydrogen-bond donors (Lipinski definition) is 2. The lowest BCUT2D eigenvalue weighted by atomic mass is 9.78. The molecule has 0 amide bonds. The average Bonchev–Trinajstić information content (AvgIpc) is 1.98. The van der Waals surface area contributed by atoms with Crippen LogP contribution in [0.5, 0.6) is 0 Å². The Morgan fingerprint density at radius 2 is 1.00 bits per heavy atom. The molecule has 0 fully saturated rings. The molecule has 0 aromatic rings. The van der Waals surface area contributed by atoms with E-state index in [2.05, 4.69) is 27.7 Å². The predicted molar refractivity (Wildman–Crippen MR) is 50.8 cm³/mol. The van der Waals surface area contributed by atoms with Gasteiger partial charge in [0.1, 0.15) is 0 Å². The van der Waals surface area contributed by atoms with Crippen LogP contribution in [-0.2, 0) is 0 Å². The maximum absolute atomic E-state index is 9.14. The number of aliphatic hydroxyl groups is 2. The summed E-state index contributed by atoms with van der Waals surface area (Å²) < 4.78 is 0. The molecule has 0 bridgehead atoms. The van der Waals surface area contributed by atoms with E-state index in [-0.39, 0.29) is 25.0 Å². The monoisotopic (exact) mass is 174 g/mol. The number of hydrogen-bond acceptors (Lipinski definition) is 2. The van der Waals surface area contributed by atoms with Gasteiger partial charge in [0, 0.05) is 13.2 Å². The Bertz CT molecular complexity index is 96.4. The molecule has 2 nitrogen and oxygen atoms in total. The Morgan fingerprint density at radius 3 is 1.08 bits per heavy atom. The van der Waals surface area contributed by atoms with Crippen LogP contribution in [0.2, 0.25) is 0 Å². The summed E-state index contributed by atoms with van der Waals surface area (Å²) in [6.07, 6.45) is 0. The standard InChI is InChI=1S/C10H22O2/c1-7(2)9(5-11)10(6-12)8(3)4/h7-12H,5-6H2,1-4H3/t9-,10-/m1/s1. The van der Waals surface area contributed by atoms with Gasteiger partial charge in [-0.1, -0.05) is 27.7 Å². The zero-order valence-electron chi connectivity index (χ0n) is 8.62. The summed E-state index contributed by atoms with van der Waals surface area (Å²) >= 11 is 0. The van der Waals surface area contributed by atoms with Crippen molar-refractivity contribution in [2.45, 2.75) is 27.7 Å². The fourth-order valence-electron chi connectivity index (χ4n) is 1.68. The third-order valence-electron chi connectivity index (χ3n) is 2.68. The SMILES string of the molecule is CC(C)[C@@H](CO)[C@H](CO)C(C)C.